The van der Waals surface area contributed by atoms with E-state index in [-0.39, 0.29) is 22.8 Å². The van der Waals surface area contributed by atoms with Gasteiger partial charge < -0.3 is 10.5 Å². The summed E-state index contributed by atoms with van der Waals surface area (Å²) in [5.74, 6) is -1.93. The molecule has 0 amide bonds. The van der Waals surface area contributed by atoms with Gasteiger partial charge in [0.25, 0.3) is 12.4 Å². The van der Waals surface area contributed by atoms with Gasteiger partial charge in [0.05, 0.1) is 12.4 Å². The molecule has 1 aromatic heterocycles. The molecule has 6 nitrogen and oxygen atoms in total. The van der Waals surface area contributed by atoms with Crippen LogP contribution in [0.2, 0.25) is 5.15 Å². The van der Waals surface area contributed by atoms with Gasteiger partial charge in [-0.3, -0.25) is 4.79 Å². The highest BCUT2D eigenvalue weighted by molar-refractivity contribution is 6.29. The molecule has 2 aromatic rings. The molecule has 10 heteroatoms. The third kappa shape index (κ3) is 3.09. The number of nitrogens with two attached hydrogens (primary N) is 1. The first-order valence-corrected chi connectivity index (χ1v) is 8.79. The zero-order valence-electron chi connectivity index (χ0n) is 14.3. The van der Waals surface area contributed by atoms with Crippen LogP contribution in [0.15, 0.2) is 35.6 Å². The molecule has 1 saturated carbocycles. The second kappa shape index (κ2) is 6.73. The first kappa shape index (κ1) is 18.7. The number of aromatic nitrogens is 2. The third-order valence-corrected chi connectivity index (χ3v) is 5.13. The van der Waals surface area contributed by atoms with Crippen molar-refractivity contribution in [3.05, 3.63) is 58.4 Å². The van der Waals surface area contributed by atoms with Crippen LogP contribution in [0.5, 0.6) is 0 Å². The first-order chi connectivity index (χ1) is 13.3. The van der Waals surface area contributed by atoms with E-state index < -0.39 is 41.6 Å². The van der Waals surface area contributed by atoms with E-state index in [1.165, 1.54) is 24.5 Å². The fourth-order valence-corrected chi connectivity index (χ4v) is 3.62. The highest BCUT2D eigenvalue weighted by Gasteiger charge is 2.64. The van der Waals surface area contributed by atoms with E-state index in [1.807, 2.05) is 0 Å². The first-order valence-electron chi connectivity index (χ1n) is 8.41. The molecular formula is C18H14ClF3N4O2. The van der Waals surface area contributed by atoms with E-state index in [4.69, 9.17) is 22.1 Å². The molecule has 1 aliphatic heterocycles. The molecule has 146 valence electrons. The molecule has 3 atom stereocenters. The topological polar surface area (TPSA) is 90.5 Å². The summed E-state index contributed by atoms with van der Waals surface area (Å²) in [5.41, 5.74) is 3.53. The number of amidine groups is 1. The molecule has 0 saturated heterocycles. The number of fused-ring (bicyclic) bond motifs is 1. The molecule has 1 fully saturated rings. The molecule has 0 spiro atoms. The molecule has 1 aliphatic carbocycles. The van der Waals surface area contributed by atoms with Crippen LogP contribution >= 0.6 is 11.6 Å². The van der Waals surface area contributed by atoms with Crippen LogP contribution in [0.4, 0.5) is 13.2 Å². The minimum atomic E-state index is -2.99. The van der Waals surface area contributed by atoms with Crippen molar-refractivity contribution in [2.45, 2.75) is 30.9 Å². The fourth-order valence-electron chi connectivity index (χ4n) is 3.52. The highest BCUT2D eigenvalue weighted by Crippen LogP contribution is 2.56. The lowest BCUT2D eigenvalue weighted by molar-refractivity contribution is 0.0176. The van der Waals surface area contributed by atoms with Gasteiger partial charge in [-0.2, -0.15) is 0 Å². The second-order valence-electron chi connectivity index (χ2n) is 6.71. The van der Waals surface area contributed by atoms with Crippen molar-refractivity contribution < 1.29 is 22.7 Å². The van der Waals surface area contributed by atoms with E-state index in [9.17, 15) is 18.0 Å². The lowest BCUT2D eigenvalue weighted by atomic mass is 9.83. The average molecular weight is 411 g/mol. The minimum absolute atomic E-state index is 0.0643. The summed E-state index contributed by atoms with van der Waals surface area (Å²) in [6, 6.07) is 3.25. The van der Waals surface area contributed by atoms with Gasteiger partial charge in [-0.25, -0.2) is 28.1 Å². The summed E-state index contributed by atoms with van der Waals surface area (Å²) in [5, 5.41) is 0.133. The van der Waals surface area contributed by atoms with Gasteiger partial charge in [-0.15, -0.1) is 0 Å². The molecule has 0 radical (unpaired) electrons. The Balaban J connectivity index is 1.70. The van der Waals surface area contributed by atoms with Crippen LogP contribution in [0, 0.1) is 11.7 Å². The van der Waals surface area contributed by atoms with Crippen molar-refractivity contribution in [1.82, 2.24) is 9.97 Å². The minimum Gasteiger partial charge on any atom is -0.462 e. The summed E-state index contributed by atoms with van der Waals surface area (Å²) >= 11 is 5.64. The maximum Gasteiger partial charge on any atom is 0.283 e. The van der Waals surface area contributed by atoms with E-state index >= 15 is 0 Å². The molecule has 2 heterocycles. The van der Waals surface area contributed by atoms with Crippen LogP contribution in [0.25, 0.3) is 0 Å². The van der Waals surface area contributed by atoms with Gasteiger partial charge in [0, 0.05) is 17.9 Å². The number of rotatable bonds is 5. The van der Waals surface area contributed by atoms with Crippen LogP contribution in [-0.4, -0.2) is 34.3 Å². The van der Waals surface area contributed by atoms with Crippen molar-refractivity contribution in [3.63, 3.8) is 0 Å². The van der Waals surface area contributed by atoms with E-state index in [0.29, 0.717) is 12.0 Å². The largest absolute Gasteiger partial charge is 0.462 e. The number of alkyl halides is 2. The maximum absolute atomic E-state index is 14.6. The monoisotopic (exact) mass is 410 g/mol. The Kier molecular flexibility index (Phi) is 4.49. The number of aliphatic imine (C=N–C) groups is 1. The SMILES string of the molecule is NC1=N[C@@](c2cc(CC(=O)c3cnc(Cl)cn3)ccc2F)(C(F)F)[C@H]2C[C@H]2O1. The van der Waals surface area contributed by atoms with Crippen molar-refractivity contribution in [2.75, 3.05) is 0 Å². The normalized spacial score (nSPS) is 25.7. The van der Waals surface area contributed by atoms with Gasteiger partial charge in [-0.05, 0) is 24.1 Å². The number of halogens is 4. The second-order valence-corrected chi connectivity index (χ2v) is 7.10. The van der Waals surface area contributed by atoms with Crippen molar-refractivity contribution >= 4 is 23.4 Å². The Hall–Kier alpha value is -2.68. The van der Waals surface area contributed by atoms with Gasteiger partial charge in [0.15, 0.2) is 11.3 Å². The number of carbonyl (C=O) groups excluding carboxylic acids is 1. The zero-order valence-corrected chi connectivity index (χ0v) is 15.0. The van der Waals surface area contributed by atoms with Crippen LogP contribution in [0.1, 0.15) is 28.0 Å². The number of hydrogen-bond acceptors (Lipinski definition) is 6. The highest BCUT2D eigenvalue weighted by atomic mass is 35.5. The quantitative estimate of drug-likeness (QED) is 0.765. The molecular weight excluding hydrogens is 397 g/mol. The third-order valence-electron chi connectivity index (χ3n) is 4.93. The standard InChI is InChI=1S/C18H14ClF3N4O2/c19-15-7-24-12(6-25-15)13(27)4-8-1-2-11(20)9(3-8)18(16(21)22)10-5-14(10)28-17(23)26-18/h1-3,6-7,10,14,16H,4-5H2,(H2,23,26)/t10-,14+,18+/m0/s1. The Morgan fingerprint density at radius 3 is 2.82 bits per heavy atom. The van der Waals surface area contributed by atoms with Crippen LogP contribution in [0.3, 0.4) is 0 Å². The van der Waals surface area contributed by atoms with Gasteiger partial charge >= 0.3 is 0 Å². The molecule has 28 heavy (non-hydrogen) atoms. The Labute approximate surface area is 162 Å². The molecule has 0 bridgehead atoms. The Bertz CT molecular complexity index is 970. The van der Waals surface area contributed by atoms with Crippen LogP contribution < -0.4 is 5.73 Å². The van der Waals surface area contributed by atoms with Crippen molar-refractivity contribution in [3.8, 4) is 0 Å². The van der Waals surface area contributed by atoms with Crippen LogP contribution in [-0.2, 0) is 16.7 Å². The van der Waals surface area contributed by atoms with E-state index in [0.717, 1.165) is 6.07 Å². The number of ketones is 1. The number of Topliss-reactive ketones (excluding diaryl/α,β-unsaturated/α-hetero) is 1. The molecule has 0 unspecified atom stereocenters. The van der Waals surface area contributed by atoms with Crippen molar-refractivity contribution in [2.24, 2.45) is 16.6 Å². The lowest BCUT2D eigenvalue weighted by Gasteiger charge is -2.33. The molecule has 1 aromatic carbocycles. The number of nitrogens with zero attached hydrogens (tertiary/aromatic N) is 3. The van der Waals surface area contributed by atoms with Crippen molar-refractivity contribution in [1.29, 1.82) is 0 Å². The number of carbonyl (C=O) groups is 1. The number of benzene rings is 1. The van der Waals surface area contributed by atoms with Gasteiger partial charge in [0.1, 0.15) is 22.8 Å². The smallest absolute Gasteiger partial charge is 0.283 e. The summed E-state index contributed by atoms with van der Waals surface area (Å²) in [6.07, 6.45) is -0.935. The summed E-state index contributed by atoms with van der Waals surface area (Å²) < 4.78 is 48.0. The average Bonchev–Trinajstić information content (AvgIpc) is 3.42. The molecule has 2 N–H and O–H groups in total. The molecule has 2 aliphatic rings. The van der Waals surface area contributed by atoms with Gasteiger partial charge in [-0.1, -0.05) is 17.7 Å². The van der Waals surface area contributed by atoms with E-state index in [1.54, 1.807) is 0 Å². The predicted octanol–water partition coefficient (Wildman–Crippen LogP) is 2.89. The van der Waals surface area contributed by atoms with Gasteiger partial charge in [0.2, 0.25) is 0 Å². The zero-order chi connectivity index (χ0) is 20.1. The summed E-state index contributed by atoms with van der Waals surface area (Å²) in [4.78, 5) is 23.9. The fraction of sp³-hybridized carbons (Fsp3) is 0.333. The number of hydrogen-bond donors (Lipinski definition) is 1. The maximum atomic E-state index is 14.6. The van der Waals surface area contributed by atoms with E-state index in [2.05, 4.69) is 15.0 Å². The number of ether oxygens (including phenoxy) is 1. The predicted molar refractivity (Wildman–Crippen MR) is 93.8 cm³/mol. The lowest BCUT2D eigenvalue weighted by Crippen LogP contribution is -2.43. The Morgan fingerprint density at radius 1 is 1.36 bits per heavy atom. The Morgan fingerprint density at radius 2 is 2.14 bits per heavy atom. The summed E-state index contributed by atoms with van der Waals surface area (Å²) in [6.45, 7) is 0. The molecule has 4 rings (SSSR count). The summed E-state index contributed by atoms with van der Waals surface area (Å²) in [7, 11) is 0.